The maximum absolute atomic E-state index is 12.6. The summed E-state index contributed by atoms with van der Waals surface area (Å²) in [6.07, 6.45) is 0.920. The molecule has 0 aliphatic heterocycles. The van der Waals surface area contributed by atoms with Crippen LogP contribution in [0.3, 0.4) is 0 Å². The molecule has 6 heteroatoms. The Kier molecular flexibility index (Phi) is 7.09. The summed E-state index contributed by atoms with van der Waals surface area (Å²) in [6.45, 7) is 0. The van der Waals surface area contributed by atoms with Gasteiger partial charge in [0.2, 0.25) is 5.91 Å². The molecule has 3 rings (SSSR count). The van der Waals surface area contributed by atoms with Gasteiger partial charge in [0, 0.05) is 5.02 Å². The highest BCUT2D eigenvalue weighted by Crippen LogP contribution is 2.22. The van der Waals surface area contributed by atoms with Gasteiger partial charge < -0.3 is 14.8 Å². The smallest absolute Gasteiger partial charge is 0.339 e. The normalized spacial score (nSPS) is 10.4. The number of halogens is 1. The van der Waals surface area contributed by atoms with Gasteiger partial charge >= 0.3 is 5.97 Å². The van der Waals surface area contributed by atoms with E-state index < -0.39 is 5.97 Å². The van der Waals surface area contributed by atoms with Crippen molar-refractivity contribution in [2.75, 3.05) is 19.5 Å². The summed E-state index contributed by atoms with van der Waals surface area (Å²) in [7, 11) is 2.93. The van der Waals surface area contributed by atoms with E-state index in [0.29, 0.717) is 10.7 Å². The molecular weight excluding hydrogens is 402 g/mol. The second kappa shape index (κ2) is 9.94. The molecule has 0 saturated heterocycles. The number of ether oxygens (including phenoxy) is 2. The number of carbonyl (C=O) groups excluding carboxylic acids is 2. The summed E-state index contributed by atoms with van der Waals surface area (Å²) in [6, 6.07) is 20.4. The average Bonchev–Trinajstić information content (AvgIpc) is 2.74. The third-order valence-electron chi connectivity index (χ3n) is 4.58. The van der Waals surface area contributed by atoms with E-state index in [4.69, 9.17) is 21.1 Å². The summed E-state index contributed by atoms with van der Waals surface area (Å²) < 4.78 is 9.95. The fourth-order valence-corrected chi connectivity index (χ4v) is 3.29. The molecule has 0 spiro atoms. The van der Waals surface area contributed by atoms with E-state index in [1.165, 1.54) is 19.2 Å². The lowest BCUT2D eigenvalue weighted by Gasteiger charge is -2.11. The van der Waals surface area contributed by atoms with Gasteiger partial charge in [-0.05, 0) is 53.4 Å². The van der Waals surface area contributed by atoms with Crippen LogP contribution < -0.4 is 10.1 Å². The van der Waals surface area contributed by atoms with Crippen molar-refractivity contribution in [3.05, 3.63) is 94.0 Å². The molecular formula is C24H22ClNO4. The van der Waals surface area contributed by atoms with Crippen molar-refractivity contribution < 1.29 is 19.1 Å². The molecule has 0 fully saturated rings. The molecule has 0 unspecified atom stereocenters. The number of amides is 1. The molecule has 0 radical (unpaired) electrons. The van der Waals surface area contributed by atoms with Crippen molar-refractivity contribution in [3.8, 4) is 5.75 Å². The topological polar surface area (TPSA) is 64.6 Å². The lowest BCUT2D eigenvalue weighted by atomic mass is 10.0. The Bertz CT molecular complexity index is 1050. The predicted octanol–water partition coefficient (Wildman–Crippen LogP) is 4.91. The van der Waals surface area contributed by atoms with E-state index in [2.05, 4.69) is 5.32 Å². The third-order valence-corrected chi connectivity index (χ3v) is 4.82. The molecule has 30 heavy (non-hydrogen) atoms. The number of hydrogen-bond acceptors (Lipinski definition) is 4. The number of benzene rings is 3. The second-order valence-corrected chi connectivity index (χ2v) is 7.19. The molecule has 3 aromatic carbocycles. The monoisotopic (exact) mass is 423 g/mol. The van der Waals surface area contributed by atoms with Gasteiger partial charge in [0.05, 0.1) is 31.9 Å². The van der Waals surface area contributed by atoms with E-state index in [1.54, 1.807) is 13.2 Å². The minimum absolute atomic E-state index is 0.170. The largest absolute Gasteiger partial charge is 0.497 e. The standard InChI is InChI=1S/C24H22ClNO4/c1-29-20-9-6-16(7-10-20)12-17-4-3-5-18(13-17)14-23(27)26-22-15-19(25)8-11-21(22)24(28)30-2/h3-11,13,15H,12,14H2,1-2H3,(H,26,27). The van der Waals surface area contributed by atoms with Gasteiger partial charge in [-0.25, -0.2) is 4.79 Å². The first-order chi connectivity index (χ1) is 14.5. The molecule has 0 aliphatic rings. The van der Waals surface area contributed by atoms with Crippen LogP contribution in [0.15, 0.2) is 66.7 Å². The molecule has 0 saturated carbocycles. The molecule has 0 atom stereocenters. The predicted molar refractivity (Wildman–Crippen MR) is 117 cm³/mol. The molecule has 0 aliphatic carbocycles. The van der Waals surface area contributed by atoms with Gasteiger partial charge in [0.1, 0.15) is 5.75 Å². The Morgan fingerprint density at radius 3 is 2.33 bits per heavy atom. The first-order valence-corrected chi connectivity index (χ1v) is 9.74. The van der Waals surface area contributed by atoms with E-state index in [0.717, 1.165) is 28.9 Å². The van der Waals surface area contributed by atoms with Crippen LogP contribution in [0, 0.1) is 0 Å². The Morgan fingerprint density at radius 2 is 1.63 bits per heavy atom. The number of methoxy groups -OCH3 is 2. The van der Waals surface area contributed by atoms with Crippen LogP contribution in [0.2, 0.25) is 5.02 Å². The first-order valence-electron chi connectivity index (χ1n) is 9.37. The van der Waals surface area contributed by atoms with Crippen molar-refractivity contribution in [1.82, 2.24) is 0 Å². The SMILES string of the molecule is COC(=O)c1ccc(Cl)cc1NC(=O)Cc1cccc(Cc2ccc(OC)cc2)c1. The fourth-order valence-electron chi connectivity index (χ4n) is 3.12. The molecule has 5 nitrogen and oxygen atoms in total. The summed E-state index contributed by atoms with van der Waals surface area (Å²) >= 11 is 6.01. The minimum atomic E-state index is -0.538. The number of anilines is 1. The Balaban J connectivity index is 1.69. The molecule has 0 bridgehead atoms. The lowest BCUT2D eigenvalue weighted by Crippen LogP contribution is -2.17. The Morgan fingerprint density at radius 1 is 0.900 bits per heavy atom. The van der Waals surface area contributed by atoms with E-state index >= 15 is 0 Å². The van der Waals surface area contributed by atoms with Gasteiger partial charge in [-0.2, -0.15) is 0 Å². The third kappa shape index (κ3) is 5.61. The van der Waals surface area contributed by atoms with Crippen LogP contribution in [-0.2, 0) is 22.4 Å². The lowest BCUT2D eigenvalue weighted by molar-refractivity contribution is -0.115. The van der Waals surface area contributed by atoms with Crippen molar-refractivity contribution in [2.45, 2.75) is 12.8 Å². The van der Waals surface area contributed by atoms with Crippen molar-refractivity contribution in [1.29, 1.82) is 0 Å². The van der Waals surface area contributed by atoms with Crippen LogP contribution in [-0.4, -0.2) is 26.1 Å². The summed E-state index contributed by atoms with van der Waals surface area (Å²) in [5.74, 6) is 0.0315. The highest BCUT2D eigenvalue weighted by Gasteiger charge is 2.15. The van der Waals surface area contributed by atoms with E-state index in [-0.39, 0.29) is 17.9 Å². The Hall–Kier alpha value is -3.31. The highest BCUT2D eigenvalue weighted by atomic mass is 35.5. The maximum Gasteiger partial charge on any atom is 0.339 e. The van der Waals surface area contributed by atoms with Crippen molar-refractivity contribution in [2.24, 2.45) is 0 Å². The molecule has 1 amide bonds. The number of rotatable bonds is 7. The summed E-state index contributed by atoms with van der Waals surface area (Å²) in [5, 5.41) is 3.17. The molecule has 0 heterocycles. The van der Waals surface area contributed by atoms with Gasteiger partial charge in [0.25, 0.3) is 0 Å². The van der Waals surface area contributed by atoms with Gasteiger partial charge in [0.15, 0.2) is 0 Å². The Labute approximate surface area is 180 Å². The van der Waals surface area contributed by atoms with Gasteiger partial charge in [-0.1, -0.05) is 48.0 Å². The van der Waals surface area contributed by atoms with Crippen LogP contribution in [0.5, 0.6) is 5.75 Å². The van der Waals surface area contributed by atoms with Crippen LogP contribution in [0.4, 0.5) is 5.69 Å². The molecule has 0 aromatic heterocycles. The number of carbonyl (C=O) groups is 2. The minimum Gasteiger partial charge on any atom is -0.497 e. The van der Waals surface area contributed by atoms with Crippen LogP contribution in [0.25, 0.3) is 0 Å². The number of hydrogen-bond donors (Lipinski definition) is 1. The average molecular weight is 424 g/mol. The zero-order valence-corrected chi connectivity index (χ0v) is 17.5. The van der Waals surface area contributed by atoms with Gasteiger partial charge in [-0.3, -0.25) is 4.79 Å². The van der Waals surface area contributed by atoms with Crippen molar-refractivity contribution >= 4 is 29.2 Å². The number of esters is 1. The number of nitrogens with one attached hydrogen (secondary N) is 1. The molecule has 3 aromatic rings. The molecule has 1 N–H and O–H groups in total. The zero-order chi connectivity index (χ0) is 21.5. The van der Waals surface area contributed by atoms with E-state index in [9.17, 15) is 9.59 Å². The maximum atomic E-state index is 12.6. The van der Waals surface area contributed by atoms with Crippen LogP contribution >= 0.6 is 11.6 Å². The quantitative estimate of drug-likeness (QED) is 0.548. The fraction of sp³-hybridized carbons (Fsp3) is 0.167. The first kappa shape index (κ1) is 21.4. The van der Waals surface area contributed by atoms with Gasteiger partial charge in [-0.15, -0.1) is 0 Å². The highest BCUT2D eigenvalue weighted by molar-refractivity contribution is 6.31. The van der Waals surface area contributed by atoms with Crippen molar-refractivity contribution in [3.63, 3.8) is 0 Å². The zero-order valence-electron chi connectivity index (χ0n) is 16.8. The van der Waals surface area contributed by atoms with E-state index in [1.807, 2.05) is 48.5 Å². The van der Waals surface area contributed by atoms with Crippen LogP contribution in [0.1, 0.15) is 27.0 Å². The summed E-state index contributed by atoms with van der Waals surface area (Å²) in [5.41, 5.74) is 3.71. The summed E-state index contributed by atoms with van der Waals surface area (Å²) in [4.78, 5) is 24.5. The molecule has 154 valence electrons. The second-order valence-electron chi connectivity index (χ2n) is 6.75.